The molecule has 0 saturated carbocycles. The second-order valence-corrected chi connectivity index (χ2v) is 12.1. The molecule has 1 aliphatic heterocycles. The van der Waals surface area contributed by atoms with Gasteiger partial charge in [-0.15, -0.1) is 0 Å². The van der Waals surface area contributed by atoms with Gasteiger partial charge in [0.2, 0.25) is 0 Å². The number of hydrogen-bond donors (Lipinski definition) is 0. The fraction of sp³-hybridized carbons (Fsp3) is 0.486. The fourth-order valence-electron chi connectivity index (χ4n) is 6.04. The van der Waals surface area contributed by atoms with Crippen LogP contribution in [0.3, 0.4) is 0 Å². The summed E-state index contributed by atoms with van der Waals surface area (Å²) in [5, 5.41) is 0. The van der Waals surface area contributed by atoms with Crippen molar-refractivity contribution in [2.45, 2.75) is 65.6 Å². The molecule has 260 valence electrons. The number of benzene rings is 3. The van der Waals surface area contributed by atoms with Crippen LogP contribution in [0, 0.1) is 5.82 Å². The third-order valence-electron chi connectivity index (χ3n) is 8.77. The Balaban J connectivity index is 1.46. The van der Waals surface area contributed by atoms with Gasteiger partial charge in [0.05, 0.1) is 28.8 Å². The van der Waals surface area contributed by atoms with Gasteiger partial charge in [0.1, 0.15) is 41.2 Å². The Hall–Kier alpha value is -3.83. The number of imidazole rings is 1. The molecule has 0 N–H and O–H groups in total. The Labute approximate surface area is 280 Å². The molecule has 1 aromatic heterocycles. The lowest BCUT2D eigenvalue weighted by atomic mass is 10.1. The van der Waals surface area contributed by atoms with Gasteiger partial charge in [-0.25, -0.2) is 9.37 Å². The van der Waals surface area contributed by atoms with E-state index in [1.165, 1.54) is 6.07 Å². The summed E-state index contributed by atoms with van der Waals surface area (Å²) in [6, 6.07) is 13.7. The van der Waals surface area contributed by atoms with E-state index in [4.69, 9.17) is 19.2 Å². The highest BCUT2D eigenvalue weighted by Crippen LogP contribution is 2.39. The van der Waals surface area contributed by atoms with Crippen LogP contribution in [-0.4, -0.2) is 71.8 Å². The Morgan fingerprint density at radius 1 is 0.812 bits per heavy atom. The summed E-state index contributed by atoms with van der Waals surface area (Å²) in [4.78, 5) is 9.75. The molecule has 0 radical (unpaired) electrons. The standard InChI is InChI=1S/C37H46F4N4O3/c1-4-7-20-45-34-25-27(46-22-10-19-43(5-2)6-3)13-16-33(34)42-36(45)30-14-11-29(26-35(30)47-23-21-44-17-8-9-18-44)48-28-12-15-32(38)31(24-28)37(39,40)41/h11-16,24-26H,4-10,17-23H2,1-3H3. The van der Waals surface area contributed by atoms with Crippen LogP contribution < -0.4 is 14.2 Å². The molecule has 1 aliphatic rings. The monoisotopic (exact) mass is 670 g/mol. The fourth-order valence-corrected chi connectivity index (χ4v) is 6.04. The van der Waals surface area contributed by atoms with Crippen molar-refractivity contribution in [3.8, 4) is 34.4 Å². The minimum atomic E-state index is -4.84. The van der Waals surface area contributed by atoms with Gasteiger partial charge in [-0.3, -0.25) is 4.90 Å². The van der Waals surface area contributed by atoms with Crippen molar-refractivity contribution in [2.24, 2.45) is 0 Å². The molecular formula is C37H46F4N4O3. The first-order chi connectivity index (χ1) is 23.2. The first kappa shape index (κ1) is 35.5. The SMILES string of the molecule is CCCCn1c(-c2ccc(Oc3ccc(F)c(C(F)(F)F)c3)cc2OCCN2CCCC2)nc2ccc(OCCCN(CC)CC)cc21. The first-order valence-corrected chi connectivity index (χ1v) is 17.1. The minimum absolute atomic E-state index is 0.126. The van der Waals surface area contributed by atoms with E-state index in [1.54, 1.807) is 12.1 Å². The normalized spacial score (nSPS) is 13.9. The van der Waals surface area contributed by atoms with Gasteiger partial charge >= 0.3 is 6.18 Å². The quantitative estimate of drug-likeness (QED) is 0.0826. The molecule has 48 heavy (non-hydrogen) atoms. The van der Waals surface area contributed by atoms with Gasteiger partial charge in [0.25, 0.3) is 0 Å². The van der Waals surface area contributed by atoms with Crippen LogP contribution >= 0.6 is 0 Å². The Morgan fingerprint density at radius 3 is 2.27 bits per heavy atom. The largest absolute Gasteiger partial charge is 0.493 e. The average molecular weight is 671 g/mol. The van der Waals surface area contributed by atoms with Crippen LogP contribution in [-0.2, 0) is 12.7 Å². The van der Waals surface area contributed by atoms with Crippen molar-refractivity contribution in [1.82, 2.24) is 19.4 Å². The number of fused-ring (bicyclic) bond motifs is 1. The molecule has 1 fully saturated rings. The highest BCUT2D eigenvalue weighted by Gasteiger charge is 2.34. The highest BCUT2D eigenvalue weighted by molar-refractivity contribution is 5.83. The molecule has 4 aromatic rings. The summed E-state index contributed by atoms with van der Waals surface area (Å²) < 4.78 is 74.6. The van der Waals surface area contributed by atoms with Gasteiger partial charge in [-0.2, -0.15) is 13.2 Å². The number of rotatable bonds is 17. The molecule has 0 aliphatic carbocycles. The van der Waals surface area contributed by atoms with E-state index in [0.717, 1.165) is 112 Å². The van der Waals surface area contributed by atoms with Gasteiger partial charge in [0, 0.05) is 31.8 Å². The molecule has 0 atom stereocenters. The van der Waals surface area contributed by atoms with E-state index in [0.29, 0.717) is 25.0 Å². The zero-order valence-corrected chi connectivity index (χ0v) is 28.1. The topological polar surface area (TPSA) is 52.0 Å². The molecule has 11 heteroatoms. The summed E-state index contributed by atoms with van der Waals surface area (Å²) in [7, 11) is 0. The van der Waals surface area contributed by atoms with Crippen LogP contribution in [0.1, 0.15) is 58.4 Å². The summed E-state index contributed by atoms with van der Waals surface area (Å²) in [5.41, 5.74) is 1.14. The van der Waals surface area contributed by atoms with Crippen LogP contribution in [0.15, 0.2) is 54.6 Å². The molecule has 7 nitrogen and oxygen atoms in total. The number of ether oxygens (including phenoxy) is 3. The Morgan fingerprint density at radius 2 is 1.54 bits per heavy atom. The number of unbranched alkanes of at least 4 members (excludes halogenated alkanes) is 1. The predicted octanol–water partition coefficient (Wildman–Crippen LogP) is 9.04. The van der Waals surface area contributed by atoms with Crippen LogP contribution in [0.5, 0.6) is 23.0 Å². The molecule has 0 spiro atoms. The molecule has 1 saturated heterocycles. The van der Waals surface area contributed by atoms with E-state index in [1.807, 2.05) is 24.3 Å². The summed E-state index contributed by atoms with van der Waals surface area (Å²) in [5.74, 6) is 0.808. The van der Waals surface area contributed by atoms with Gasteiger partial charge < -0.3 is 23.7 Å². The number of likely N-dealkylation sites (tertiary alicyclic amines) is 1. The molecule has 0 amide bonds. The van der Waals surface area contributed by atoms with Crippen molar-refractivity contribution in [3.05, 3.63) is 66.0 Å². The maximum absolute atomic E-state index is 13.9. The molecule has 0 unspecified atom stereocenters. The van der Waals surface area contributed by atoms with E-state index < -0.39 is 17.6 Å². The van der Waals surface area contributed by atoms with Crippen molar-refractivity contribution >= 4 is 11.0 Å². The van der Waals surface area contributed by atoms with Gasteiger partial charge in [-0.1, -0.05) is 27.2 Å². The van der Waals surface area contributed by atoms with Crippen LogP contribution in [0.25, 0.3) is 22.4 Å². The van der Waals surface area contributed by atoms with E-state index in [-0.39, 0.29) is 11.5 Å². The average Bonchev–Trinajstić information content (AvgIpc) is 3.72. The minimum Gasteiger partial charge on any atom is -0.493 e. The third kappa shape index (κ3) is 8.99. The molecule has 3 aromatic carbocycles. The third-order valence-corrected chi connectivity index (χ3v) is 8.77. The number of alkyl halides is 3. The second kappa shape index (κ2) is 16.5. The van der Waals surface area contributed by atoms with Crippen molar-refractivity contribution in [3.63, 3.8) is 0 Å². The number of hydrogen-bond acceptors (Lipinski definition) is 6. The molecule has 5 rings (SSSR count). The molecule has 2 heterocycles. The lowest BCUT2D eigenvalue weighted by molar-refractivity contribution is -0.140. The smallest absolute Gasteiger partial charge is 0.419 e. The predicted molar refractivity (Wildman–Crippen MR) is 181 cm³/mol. The van der Waals surface area contributed by atoms with E-state index >= 15 is 0 Å². The molecular weight excluding hydrogens is 624 g/mol. The summed E-state index contributed by atoms with van der Waals surface area (Å²) in [6.07, 6.45) is 0.341. The summed E-state index contributed by atoms with van der Waals surface area (Å²) >= 11 is 0. The van der Waals surface area contributed by atoms with Crippen LogP contribution in [0.4, 0.5) is 17.6 Å². The summed E-state index contributed by atoms with van der Waals surface area (Å²) in [6.45, 7) is 14.1. The maximum atomic E-state index is 13.9. The van der Waals surface area contributed by atoms with Crippen molar-refractivity contribution in [2.75, 3.05) is 52.5 Å². The first-order valence-electron chi connectivity index (χ1n) is 17.1. The lowest BCUT2D eigenvalue weighted by Gasteiger charge is -2.18. The number of aromatic nitrogens is 2. The van der Waals surface area contributed by atoms with E-state index in [9.17, 15) is 17.6 Å². The Bertz CT molecular complexity index is 1630. The van der Waals surface area contributed by atoms with Gasteiger partial charge in [-0.05, 0) is 94.3 Å². The van der Waals surface area contributed by atoms with Crippen molar-refractivity contribution in [1.29, 1.82) is 0 Å². The molecule has 0 bridgehead atoms. The van der Waals surface area contributed by atoms with Gasteiger partial charge in [0.15, 0.2) is 0 Å². The highest BCUT2D eigenvalue weighted by atomic mass is 19.4. The zero-order chi connectivity index (χ0) is 34.1. The lowest BCUT2D eigenvalue weighted by Crippen LogP contribution is -2.25. The number of aryl methyl sites for hydroxylation is 1. The van der Waals surface area contributed by atoms with Crippen LogP contribution in [0.2, 0.25) is 0 Å². The van der Waals surface area contributed by atoms with E-state index in [2.05, 4.69) is 35.1 Å². The Kier molecular flexibility index (Phi) is 12.2. The van der Waals surface area contributed by atoms with Crippen molar-refractivity contribution < 1.29 is 31.8 Å². The number of nitrogens with zero attached hydrogens (tertiary/aromatic N) is 4. The maximum Gasteiger partial charge on any atom is 0.419 e. The second-order valence-electron chi connectivity index (χ2n) is 12.1. The zero-order valence-electron chi connectivity index (χ0n) is 28.1. The number of halogens is 4.